The summed E-state index contributed by atoms with van der Waals surface area (Å²) in [6.45, 7) is 6.02. The third-order valence-electron chi connectivity index (χ3n) is 2.60. The van der Waals surface area contributed by atoms with Crippen molar-refractivity contribution in [2.45, 2.75) is 26.2 Å². The molecule has 1 aliphatic heterocycles. The van der Waals surface area contributed by atoms with Gasteiger partial charge in [-0.3, -0.25) is 0 Å². The molecule has 0 saturated carbocycles. The minimum absolute atomic E-state index is 0.187. The van der Waals surface area contributed by atoms with Gasteiger partial charge in [-0.15, -0.1) is 0 Å². The molecule has 1 unspecified atom stereocenters. The Hall–Kier alpha value is -1.40. The van der Waals surface area contributed by atoms with E-state index >= 15 is 0 Å². The van der Waals surface area contributed by atoms with Gasteiger partial charge in [-0.1, -0.05) is 13.8 Å². The molecule has 5 nitrogen and oxygen atoms in total. The van der Waals surface area contributed by atoms with Crippen molar-refractivity contribution >= 4 is 22.2 Å². The number of ether oxygens (including phenoxy) is 1. The fourth-order valence-electron chi connectivity index (χ4n) is 1.78. The molecule has 1 aromatic heterocycles. The van der Waals surface area contributed by atoms with Crippen molar-refractivity contribution in [1.29, 1.82) is 0 Å². The largest absolute Gasteiger partial charge is 0.516 e. The lowest BCUT2D eigenvalue weighted by Gasteiger charge is -2.15. The molecule has 20 heavy (non-hydrogen) atoms. The Balaban J connectivity index is 0.000000829. The van der Waals surface area contributed by atoms with Gasteiger partial charge in [0.15, 0.2) is 5.75 Å². The average Bonchev–Trinajstić information content (AvgIpc) is 2.83. The van der Waals surface area contributed by atoms with E-state index in [1.807, 2.05) is 20.8 Å². The van der Waals surface area contributed by atoms with E-state index in [2.05, 4.69) is 20.9 Å². The van der Waals surface area contributed by atoms with E-state index < -0.39 is 5.41 Å². The summed E-state index contributed by atoms with van der Waals surface area (Å²) in [6, 6.07) is 1.79. The van der Waals surface area contributed by atoms with Crippen LogP contribution in [0.15, 0.2) is 23.0 Å². The molecule has 0 saturated heterocycles. The van der Waals surface area contributed by atoms with Crippen molar-refractivity contribution in [2.24, 2.45) is 0 Å². The number of aldehydes is 1. The number of aromatic nitrogens is 1. The molecule has 112 valence electrons. The van der Waals surface area contributed by atoms with Crippen molar-refractivity contribution < 1.29 is 19.7 Å². The molecule has 1 aliphatic rings. The lowest BCUT2D eigenvalue weighted by Crippen LogP contribution is -2.27. The molecule has 1 aromatic rings. The summed E-state index contributed by atoms with van der Waals surface area (Å²) in [5.74, 6) is 0.566. The van der Waals surface area contributed by atoms with Crippen molar-refractivity contribution in [2.75, 3.05) is 13.7 Å². The van der Waals surface area contributed by atoms with Crippen LogP contribution in [-0.2, 0) is 10.2 Å². The number of aliphatic hydroxyl groups excluding tert-OH is 2. The van der Waals surface area contributed by atoms with E-state index in [0.29, 0.717) is 10.4 Å². The molecule has 0 spiro atoms. The van der Waals surface area contributed by atoms with Crippen LogP contribution in [0.3, 0.4) is 0 Å². The molecule has 2 heterocycles. The highest BCUT2D eigenvalue weighted by Gasteiger charge is 2.40. The molecule has 0 aromatic carbocycles. The van der Waals surface area contributed by atoms with E-state index in [9.17, 15) is 4.79 Å². The van der Waals surface area contributed by atoms with Crippen molar-refractivity contribution in [3.05, 3.63) is 34.3 Å². The first kappa shape index (κ1) is 18.6. The summed E-state index contributed by atoms with van der Waals surface area (Å²) < 4.78 is 6.02. The molecule has 2 N–H and O–H groups in total. The Morgan fingerprint density at radius 1 is 1.45 bits per heavy atom. The monoisotopic (exact) mass is 345 g/mol. The van der Waals surface area contributed by atoms with Crippen LogP contribution in [0.1, 0.15) is 25.1 Å². The molecule has 0 fully saturated rings. The topological polar surface area (TPSA) is 79.7 Å². The highest BCUT2D eigenvalue weighted by molar-refractivity contribution is 9.10. The van der Waals surface area contributed by atoms with Gasteiger partial charge in [0.2, 0.25) is 0 Å². The summed E-state index contributed by atoms with van der Waals surface area (Å²) in [7, 11) is 1.00. The molecule has 0 radical (unpaired) electrons. The highest BCUT2D eigenvalue weighted by Crippen LogP contribution is 2.42. The Bertz CT molecular complexity index is 476. The van der Waals surface area contributed by atoms with Gasteiger partial charge >= 0.3 is 0 Å². The zero-order valence-electron chi connectivity index (χ0n) is 12.1. The normalized spacial score (nSPS) is 19.1. The Labute approximate surface area is 127 Å². The van der Waals surface area contributed by atoms with Gasteiger partial charge in [-0.2, -0.15) is 0 Å². The van der Waals surface area contributed by atoms with E-state index in [4.69, 9.17) is 14.9 Å². The number of rotatable bonds is 2. The highest BCUT2D eigenvalue weighted by atomic mass is 79.9. The summed E-state index contributed by atoms with van der Waals surface area (Å²) >= 11 is 3.29. The number of halogens is 1. The van der Waals surface area contributed by atoms with Crippen LogP contribution in [-0.4, -0.2) is 35.2 Å². The number of aryl methyl sites for hydroxylation is 1. The third-order valence-corrected chi connectivity index (χ3v) is 3.14. The first-order valence-electron chi connectivity index (χ1n) is 6.16. The van der Waals surface area contributed by atoms with Gasteiger partial charge in [0.25, 0.3) is 0 Å². The maximum Gasteiger partial charge on any atom is 0.156 e. The first-order valence-corrected chi connectivity index (χ1v) is 6.95. The minimum atomic E-state index is -0.902. The Morgan fingerprint density at radius 2 is 2.05 bits per heavy atom. The number of nitrogens with zero attached hydrogens (tertiary/aromatic N) is 1. The van der Waals surface area contributed by atoms with Gasteiger partial charge in [-0.25, -0.2) is 4.98 Å². The van der Waals surface area contributed by atoms with Crippen LogP contribution >= 0.6 is 15.9 Å². The second-order valence-corrected chi connectivity index (χ2v) is 4.44. The molecular formula is C14H20BrNO4. The number of pyridine rings is 1. The van der Waals surface area contributed by atoms with Crippen LogP contribution in [0.5, 0.6) is 5.75 Å². The predicted molar refractivity (Wildman–Crippen MR) is 81.2 cm³/mol. The van der Waals surface area contributed by atoms with Crippen LogP contribution in [0.4, 0.5) is 0 Å². The second kappa shape index (κ2) is 8.71. The number of hydrogen-bond acceptors (Lipinski definition) is 5. The van der Waals surface area contributed by atoms with E-state index in [0.717, 1.165) is 30.9 Å². The van der Waals surface area contributed by atoms with E-state index in [1.165, 1.54) is 6.08 Å². The first-order chi connectivity index (χ1) is 9.63. The van der Waals surface area contributed by atoms with E-state index in [1.54, 1.807) is 6.07 Å². The quantitative estimate of drug-likeness (QED) is 0.489. The van der Waals surface area contributed by atoms with Gasteiger partial charge in [0.05, 0.1) is 6.26 Å². The van der Waals surface area contributed by atoms with Crippen LogP contribution in [0.2, 0.25) is 0 Å². The minimum Gasteiger partial charge on any atom is -0.516 e. The number of carbonyl (C=O) groups is 1. The summed E-state index contributed by atoms with van der Waals surface area (Å²) in [5.41, 5.74) is 0.612. The number of hydrogen-bond donors (Lipinski definition) is 2. The van der Waals surface area contributed by atoms with Gasteiger partial charge < -0.3 is 19.7 Å². The molecule has 0 aliphatic carbocycles. The summed E-state index contributed by atoms with van der Waals surface area (Å²) in [4.78, 5) is 15.4. The number of carbonyl (C=O) groups excluding carboxylic acids is 1. The van der Waals surface area contributed by atoms with E-state index in [-0.39, 0.29) is 6.61 Å². The van der Waals surface area contributed by atoms with Crippen molar-refractivity contribution in [1.82, 2.24) is 4.98 Å². The number of aliphatic hydroxyl groups is 2. The van der Waals surface area contributed by atoms with Crippen molar-refractivity contribution in [3.8, 4) is 5.75 Å². The number of fused-ring (bicyclic) bond motifs is 1. The average molecular weight is 346 g/mol. The van der Waals surface area contributed by atoms with Crippen LogP contribution < -0.4 is 4.74 Å². The third kappa shape index (κ3) is 3.58. The predicted octanol–water partition coefficient (Wildman–Crippen LogP) is 2.69. The molecule has 0 amide bonds. The Morgan fingerprint density at radius 3 is 2.55 bits per heavy atom. The maximum atomic E-state index is 11.2. The summed E-state index contributed by atoms with van der Waals surface area (Å²) in [5, 5.41) is 15.9. The van der Waals surface area contributed by atoms with Crippen LogP contribution in [0.25, 0.3) is 0 Å². The van der Waals surface area contributed by atoms with Crippen LogP contribution in [0, 0.1) is 6.92 Å². The summed E-state index contributed by atoms with van der Waals surface area (Å²) in [6.07, 6.45) is 3.08. The SMILES string of the molecule is CC.CO.Cc1cc2c(c(Br)n1)OCC2(C=O)C=CO. The lowest BCUT2D eigenvalue weighted by atomic mass is 9.84. The van der Waals surface area contributed by atoms with Gasteiger partial charge in [-0.05, 0) is 35.0 Å². The molecular weight excluding hydrogens is 326 g/mol. The molecule has 1 atom stereocenters. The van der Waals surface area contributed by atoms with Gasteiger partial charge in [0, 0.05) is 18.4 Å². The fourth-order valence-corrected chi connectivity index (χ4v) is 2.39. The zero-order chi connectivity index (χ0) is 15.8. The smallest absolute Gasteiger partial charge is 0.156 e. The Kier molecular flexibility index (Phi) is 8.10. The molecule has 6 heteroatoms. The standard InChI is InChI=1S/C11H10BrNO3.C2H6.CH4O/c1-7-4-8-9(10(12)13-7)16-6-11(8,5-15)2-3-14;2*1-2/h2-5,14H,6H2,1H3;1-2H3;2H,1H3. The molecule has 2 rings (SSSR count). The lowest BCUT2D eigenvalue weighted by molar-refractivity contribution is -0.111. The second-order valence-electron chi connectivity index (χ2n) is 3.69. The van der Waals surface area contributed by atoms with Gasteiger partial charge in [0.1, 0.15) is 22.9 Å². The zero-order valence-corrected chi connectivity index (χ0v) is 13.6. The van der Waals surface area contributed by atoms with Crippen molar-refractivity contribution in [3.63, 3.8) is 0 Å². The molecule has 0 bridgehead atoms. The maximum absolute atomic E-state index is 11.2. The fraction of sp³-hybridized carbons (Fsp3) is 0.429.